The summed E-state index contributed by atoms with van der Waals surface area (Å²) < 4.78 is 0. The van der Waals surface area contributed by atoms with E-state index in [2.05, 4.69) is 37.9 Å². The van der Waals surface area contributed by atoms with Crippen LogP contribution in [0.4, 0.5) is 0 Å². The van der Waals surface area contributed by atoms with Crippen LogP contribution in [0.25, 0.3) is 0 Å². The molecule has 0 aliphatic carbocycles. The van der Waals surface area contributed by atoms with Gasteiger partial charge in [0.05, 0.1) is 0 Å². The van der Waals surface area contributed by atoms with Gasteiger partial charge in [-0.05, 0) is 57.9 Å². The molecule has 3 atom stereocenters. The molecule has 0 aromatic rings. The molecule has 0 aromatic heterocycles. The van der Waals surface area contributed by atoms with Gasteiger partial charge in [-0.2, -0.15) is 0 Å². The lowest BCUT2D eigenvalue weighted by atomic mass is 9.93. The lowest BCUT2D eigenvalue weighted by Crippen LogP contribution is -2.52. The molecular formula is C16H32N2. The van der Waals surface area contributed by atoms with E-state index < -0.39 is 0 Å². The Hall–Kier alpha value is -0.0800. The van der Waals surface area contributed by atoms with Crippen molar-refractivity contribution in [2.75, 3.05) is 6.54 Å². The molecule has 2 fully saturated rings. The van der Waals surface area contributed by atoms with Crippen molar-refractivity contribution in [2.24, 2.45) is 5.92 Å². The minimum Gasteiger partial charge on any atom is -0.314 e. The molecule has 2 heterocycles. The summed E-state index contributed by atoms with van der Waals surface area (Å²) in [5.74, 6) is 0.851. The number of hydrogen-bond donors (Lipinski definition) is 1. The monoisotopic (exact) mass is 252 g/mol. The van der Waals surface area contributed by atoms with E-state index in [9.17, 15) is 0 Å². The van der Waals surface area contributed by atoms with Crippen LogP contribution in [0, 0.1) is 5.92 Å². The molecule has 2 nitrogen and oxygen atoms in total. The highest BCUT2D eigenvalue weighted by molar-refractivity contribution is 4.99. The number of fused-ring (bicyclic) bond motifs is 2. The minimum absolute atomic E-state index is 0.793. The highest BCUT2D eigenvalue weighted by atomic mass is 15.3. The van der Waals surface area contributed by atoms with Crippen LogP contribution in [-0.4, -0.2) is 35.6 Å². The van der Waals surface area contributed by atoms with Crippen LogP contribution < -0.4 is 5.32 Å². The summed E-state index contributed by atoms with van der Waals surface area (Å²) in [4.78, 5) is 2.87. The molecule has 2 saturated heterocycles. The predicted octanol–water partition coefficient (Wildman–Crippen LogP) is 3.42. The Morgan fingerprint density at radius 3 is 2.17 bits per heavy atom. The van der Waals surface area contributed by atoms with Crippen LogP contribution in [0.3, 0.4) is 0 Å². The summed E-state index contributed by atoms with van der Waals surface area (Å²) in [6, 6.07) is 3.33. The molecule has 2 aliphatic heterocycles. The molecule has 106 valence electrons. The van der Waals surface area contributed by atoms with E-state index in [0.717, 1.165) is 36.6 Å². The molecule has 3 unspecified atom stereocenters. The van der Waals surface area contributed by atoms with Crippen LogP contribution >= 0.6 is 0 Å². The topological polar surface area (TPSA) is 15.3 Å². The lowest BCUT2D eigenvalue weighted by molar-refractivity contribution is 0.0713. The van der Waals surface area contributed by atoms with Gasteiger partial charge in [0, 0.05) is 24.2 Å². The van der Waals surface area contributed by atoms with Crippen LogP contribution in [-0.2, 0) is 0 Å². The third-order valence-electron chi connectivity index (χ3n) is 4.95. The smallest absolute Gasteiger partial charge is 0.0116 e. The average molecular weight is 252 g/mol. The minimum atomic E-state index is 0.793. The van der Waals surface area contributed by atoms with Crippen molar-refractivity contribution in [1.82, 2.24) is 10.2 Å². The van der Waals surface area contributed by atoms with Gasteiger partial charge < -0.3 is 5.32 Å². The molecule has 2 bridgehead atoms. The Kier molecular flexibility index (Phi) is 5.08. The molecule has 0 radical (unpaired) electrons. The van der Waals surface area contributed by atoms with E-state index in [1.807, 2.05) is 0 Å². The molecule has 1 N–H and O–H groups in total. The fourth-order valence-corrected chi connectivity index (χ4v) is 4.11. The summed E-state index contributed by atoms with van der Waals surface area (Å²) in [5.41, 5.74) is 0. The van der Waals surface area contributed by atoms with E-state index in [1.54, 1.807) is 0 Å². The van der Waals surface area contributed by atoms with Crippen molar-refractivity contribution >= 4 is 0 Å². The largest absolute Gasteiger partial charge is 0.314 e. The SMILES string of the molecule is CCNC1CC2CCC(C1)N2C(C)CCC(C)C. The van der Waals surface area contributed by atoms with E-state index >= 15 is 0 Å². The van der Waals surface area contributed by atoms with Crippen molar-refractivity contribution in [3.05, 3.63) is 0 Å². The van der Waals surface area contributed by atoms with Gasteiger partial charge in [-0.15, -0.1) is 0 Å². The Morgan fingerprint density at radius 2 is 1.67 bits per heavy atom. The molecule has 0 spiro atoms. The summed E-state index contributed by atoms with van der Waals surface area (Å²) in [6.45, 7) is 10.5. The number of nitrogens with one attached hydrogen (secondary N) is 1. The second-order valence-electron chi connectivity index (χ2n) is 6.88. The zero-order chi connectivity index (χ0) is 13.1. The summed E-state index contributed by atoms with van der Waals surface area (Å²) in [6.07, 6.45) is 8.42. The van der Waals surface area contributed by atoms with Crippen molar-refractivity contribution in [3.63, 3.8) is 0 Å². The zero-order valence-electron chi connectivity index (χ0n) is 12.8. The summed E-state index contributed by atoms with van der Waals surface area (Å²) in [7, 11) is 0. The molecule has 0 amide bonds. The third kappa shape index (κ3) is 3.27. The quantitative estimate of drug-likeness (QED) is 0.779. The standard InChI is InChI=1S/C16H32N2/c1-5-17-14-10-15-8-9-16(11-14)18(15)13(4)7-6-12(2)3/h12-17H,5-11H2,1-4H3. The molecule has 0 aromatic carbocycles. The van der Waals surface area contributed by atoms with Gasteiger partial charge in [-0.25, -0.2) is 0 Å². The Balaban J connectivity index is 1.87. The van der Waals surface area contributed by atoms with Crippen LogP contribution in [0.2, 0.25) is 0 Å². The molecule has 2 heteroatoms. The second kappa shape index (κ2) is 6.38. The summed E-state index contributed by atoms with van der Waals surface area (Å²) >= 11 is 0. The van der Waals surface area contributed by atoms with Gasteiger partial charge in [-0.3, -0.25) is 4.90 Å². The maximum absolute atomic E-state index is 3.67. The first-order valence-electron chi connectivity index (χ1n) is 8.12. The van der Waals surface area contributed by atoms with Crippen LogP contribution in [0.15, 0.2) is 0 Å². The maximum Gasteiger partial charge on any atom is 0.0116 e. The number of nitrogens with zero attached hydrogens (tertiary/aromatic N) is 1. The molecular weight excluding hydrogens is 220 g/mol. The molecule has 2 rings (SSSR count). The zero-order valence-corrected chi connectivity index (χ0v) is 12.8. The summed E-state index contributed by atoms with van der Waals surface area (Å²) in [5, 5.41) is 3.67. The van der Waals surface area contributed by atoms with Crippen molar-refractivity contribution in [2.45, 2.75) is 90.4 Å². The first kappa shape index (κ1) is 14.3. The van der Waals surface area contributed by atoms with Crippen LogP contribution in [0.1, 0.15) is 66.2 Å². The van der Waals surface area contributed by atoms with Crippen LogP contribution in [0.5, 0.6) is 0 Å². The van der Waals surface area contributed by atoms with E-state index in [1.165, 1.54) is 38.5 Å². The average Bonchev–Trinajstić information content (AvgIpc) is 2.58. The van der Waals surface area contributed by atoms with Crippen molar-refractivity contribution in [1.29, 1.82) is 0 Å². The second-order valence-corrected chi connectivity index (χ2v) is 6.88. The van der Waals surface area contributed by atoms with Gasteiger partial charge in [0.25, 0.3) is 0 Å². The normalized spacial score (nSPS) is 34.2. The number of piperidine rings is 1. The van der Waals surface area contributed by atoms with E-state index in [4.69, 9.17) is 0 Å². The van der Waals surface area contributed by atoms with Gasteiger partial charge in [0.15, 0.2) is 0 Å². The maximum atomic E-state index is 3.67. The Bertz CT molecular complexity index is 237. The predicted molar refractivity (Wildman–Crippen MR) is 78.9 cm³/mol. The molecule has 18 heavy (non-hydrogen) atoms. The first-order valence-corrected chi connectivity index (χ1v) is 8.12. The Morgan fingerprint density at radius 1 is 1.06 bits per heavy atom. The molecule has 0 saturated carbocycles. The first-order chi connectivity index (χ1) is 8.61. The molecule has 2 aliphatic rings. The van der Waals surface area contributed by atoms with E-state index in [-0.39, 0.29) is 0 Å². The lowest BCUT2D eigenvalue weighted by Gasteiger charge is -2.43. The Labute approximate surface area is 114 Å². The van der Waals surface area contributed by atoms with Gasteiger partial charge >= 0.3 is 0 Å². The highest BCUT2D eigenvalue weighted by Gasteiger charge is 2.42. The fraction of sp³-hybridized carbons (Fsp3) is 1.00. The van der Waals surface area contributed by atoms with Gasteiger partial charge in [0.1, 0.15) is 0 Å². The fourth-order valence-electron chi connectivity index (χ4n) is 4.11. The number of rotatable bonds is 6. The van der Waals surface area contributed by atoms with E-state index in [0.29, 0.717) is 0 Å². The van der Waals surface area contributed by atoms with Crippen molar-refractivity contribution < 1.29 is 0 Å². The van der Waals surface area contributed by atoms with Gasteiger partial charge in [-0.1, -0.05) is 20.8 Å². The highest BCUT2D eigenvalue weighted by Crippen LogP contribution is 2.38. The number of hydrogen-bond acceptors (Lipinski definition) is 2. The third-order valence-corrected chi connectivity index (χ3v) is 4.95. The van der Waals surface area contributed by atoms with Gasteiger partial charge in [0.2, 0.25) is 0 Å². The van der Waals surface area contributed by atoms with Crippen molar-refractivity contribution in [3.8, 4) is 0 Å².